The summed E-state index contributed by atoms with van der Waals surface area (Å²) in [6, 6.07) is 8.21. The van der Waals surface area contributed by atoms with E-state index >= 15 is 0 Å². The first-order chi connectivity index (χ1) is 15.2. The Morgan fingerprint density at radius 1 is 1.06 bits per heavy atom. The molecule has 9 heteroatoms. The SMILES string of the molecule is CCOC(=O)C[C@@H](Cc1ccc(-c2c(OC)ccc(F)c2F)cc1)NC(=O)CCC(=O)O. The molecule has 2 rings (SSSR count). The van der Waals surface area contributed by atoms with Crippen LogP contribution < -0.4 is 10.1 Å². The number of esters is 1. The number of benzene rings is 2. The van der Waals surface area contributed by atoms with Crippen molar-refractivity contribution in [3.8, 4) is 16.9 Å². The van der Waals surface area contributed by atoms with Gasteiger partial charge in [-0.05, 0) is 36.6 Å². The fraction of sp³-hybridized carbons (Fsp3) is 0.348. The predicted octanol–water partition coefficient (Wildman–Crippen LogP) is 3.49. The minimum atomic E-state index is -1.10. The molecular formula is C23H25F2NO6. The topological polar surface area (TPSA) is 102 Å². The third-order valence-corrected chi connectivity index (χ3v) is 4.65. The summed E-state index contributed by atoms with van der Waals surface area (Å²) >= 11 is 0. The monoisotopic (exact) mass is 449 g/mol. The number of halogens is 2. The molecule has 0 saturated heterocycles. The Balaban J connectivity index is 2.19. The predicted molar refractivity (Wildman–Crippen MR) is 112 cm³/mol. The molecule has 0 aromatic heterocycles. The van der Waals surface area contributed by atoms with E-state index in [1.807, 2.05) is 0 Å². The van der Waals surface area contributed by atoms with Crippen molar-refractivity contribution < 1.29 is 37.7 Å². The standard InChI is InChI=1S/C23H25F2NO6/c1-3-32-21(30)13-16(26-19(27)10-11-20(28)29)12-14-4-6-15(7-5-14)22-18(31-2)9-8-17(24)23(22)25/h4-9,16H,3,10-13H2,1-2H3,(H,26,27)(H,28,29)/t16-/m1/s1. The van der Waals surface area contributed by atoms with Crippen molar-refractivity contribution in [2.75, 3.05) is 13.7 Å². The van der Waals surface area contributed by atoms with Crippen LogP contribution in [0, 0.1) is 11.6 Å². The summed E-state index contributed by atoms with van der Waals surface area (Å²) in [5.41, 5.74) is 1.11. The molecule has 0 saturated carbocycles. The minimum Gasteiger partial charge on any atom is -0.496 e. The third-order valence-electron chi connectivity index (χ3n) is 4.65. The molecule has 1 atom stereocenters. The number of carbonyl (C=O) groups excluding carboxylic acids is 2. The molecule has 0 aliphatic heterocycles. The molecule has 0 heterocycles. The Labute approximate surface area is 184 Å². The molecule has 7 nitrogen and oxygen atoms in total. The number of hydrogen-bond acceptors (Lipinski definition) is 5. The number of aliphatic carboxylic acids is 1. The molecule has 2 N–H and O–H groups in total. The second-order valence-corrected chi connectivity index (χ2v) is 7.01. The lowest BCUT2D eigenvalue weighted by Gasteiger charge is -2.18. The summed E-state index contributed by atoms with van der Waals surface area (Å²) in [7, 11) is 1.36. The molecule has 1 amide bonds. The molecule has 0 fully saturated rings. The second kappa shape index (κ2) is 11.8. The molecule has 0 aliphatic carbocycles. The van der Waals surface area contributed by atoms with Crippen LogP contribution in [0.4, 0.5) is 8.78 Å². The second-order valence-electron chi connectivity index (χ2n) is 7.01. The fourth-order valence-corrected chi connectivity index (χ4v) is 3.18. The molecule has 0 radical (unpaired) electrons. The van der Waals surface area contributed by atoms with Gasteiger partial charge in [-0.2, -0.15) is 0 Å². The summed E-state index contributed by atoms with van der Waals surface area (Å²) in [4.78, 5) is 34.6. The van der Waals surface area contributed by atoms with E-state index in [0.717, 1.165) is 11.6 Å². The maximum Gasteiger partial charge on any atom is 0.307 e. The van der Waals surface area contributed by atoms with Crippen molar-refractivity contribution >= 4 is 17.8 Å². The number of nitrogens with one attached hydrogen (secondary N) is 1. The van der Waals surface area contributed by atoms with E-state index in [1.54, 1.807) is 31.2 Å². The molecular weight excluding hydrogens is 424 g/mol. The van der Waals surface area contributed by atoms with Crippen LogP contribution in [0.15, 0.2) is 36.4 Å². The number of amides is 1. The van der Waals surface area contributed by atoms with E-state index in [4.69, 9.17) is 14.6 Å². The van der Waals surface area contributed by atoms with Gasteiger partial charge in [0.25, 0.3) is 0 Å². The first kappa shape index (κ1) is 24.8. The molecule has 32 heavy (non-hydrogen) atoms. The quantitative estimate of drug-likeness (QED) is 0.510. The van der Waals surface area contributed by atoms with Gasteiger partial charge in [-0.3, -0.25) is 14.4 Å². The normalized spacial score (nSPS) is 11.5. The van der Waals surface area contributed by atoms with Crippen LogP contribution in [0.2, 0.25) is 0 Å². The molecule has 0 spiro atoms. The molecule has 172 valence electrons. The molecule has 2 aromatic rings. The number of carboxylic acid groups (broad SMARTS) is 1. The van der Waals surface area contributed by atoms with Crippen molar-refractivity contribution in [2.24, 2.45) is 0 Å². The van der Waals surface area contributed by atoms with E-state index in [-0.39, 0.29) is 43.6 Å². The summed E-state index contributed by atoms with van der Waals surface area (Å²) in [6.45, 7) is 1.85. The van der Waals surface area contributed by atoms with Gasteiger partial charge in [0, 0.05) is 12.5 Å². The van der Waals surface area contributed by atoms with Gasteiger partial charge >= 0.3 is 11.9 Å². The summed E-state index contributed by atoms with van der Waals surface area (Å²) in [6.07, 6.45) is -0.388. The average molecular weight is 449 g/mol. The zero-order chi connectivity index (χ0) is 23.7. The number of hydrogen-bond donors (Lipinski definition) is 2. The molecule has 0 aliphatic rings. The van der Waals surface area contributed by atoms with Gasteiger partial charge in [-0.25, -0.2) is 8.78 Å². The van der Waals surface area contributed by atoms with Crippen LogP contribution in [0.1, 0.15) is 31.7 Å². The fourth-order valence-electron chi connectivity index (χ4n) is 3.18. The number of methoxy groups -OCH3 is 1. The zero-order valence-electron chi connectivity index (χ0n) is 17.8. The first-order valence-corrected chi connectivity index (χ1v) is 10.0. The highest BCUT2D eigenvalue weighted by atomic mass is 19.2. The van der Waals surface area contributed by atoms with Crippen molar-refractivity contribution in [1.82, 2.24) is 5.32 Å². The maximum absolute atomic E-state index is 14.3. The molecule has 0 unspecified atom stereocenters. The van der Waals surface area contributed by atoms with Crippen molar-refractivity contribution in [2.45, 2.75) is 38.6 Å². The van der Waals surface area contributed by atoms with E-state index in [1.165, 1.54) is 13.2 Å². The Morgan fingerprint density at radius 3 is 2.34 bits per heavy atom. The van der Waals surface area contributed by atoms with Crippen LogP contribution in [0.25, 0.3) is 11.1 Å². The van der Waals surface area contributed by atoms with Crippen molar-refractivity contribution in [3.63, 3.8) is 0 Å². The van der Waals surface area contributed by atoms with Crippen LogP contribution in [0.3, 0.4) is 0 Å². The lowest BCUT2D eigenvalue weighted by atomic mass is 9.98. The van der Waals surface area contributed by atoms with Gasteiger partial charge in [0.05, 0.1) is 32.1 Å². The van der Waals surface area contributed by atoms with Crippen LogP contribution in [0.5, 0.6) is 5.75 Å². The van der Waals surface area contributed by atoms with E-state index in [2.05, 4.69) is 5.32 Å². The lowest BCUT2D eigenvalue weighted by Crippen LogP contribution is -2.38. The van der Waals surface area contributed by atoms with Gasteiger partial charge in [0.1, 0.15) is 5.75 Å². The first-order valence-electron chi connectivity index (χ1n) is 10.0. The van der Waals surface area contributed by atoms with Crippen molar-refractivity contribution in [1.29, 1.82) is 0 Å². The summed E-state index contributed by atoms with van der Waals surface area (Å²) < 4.78 is 38.1. The van der Waals surface area contributed by atoms with Crippen LogP contribution in [-0.4, -0.2) is 42.7 Å². The van der Waals surface area contributed by atoms with Gasteiger partial charge in [-0.15, -0.1) is 0 Å². The number of carboxylic acids is 1. The van der Waals surface area contributed by atoms with E-state index in [0.29, 0.717) is 5.56 Å². The smallest absolute Gasteiger partial charge is 0.307 e. The minimum absolute atomic E-state index is 0.0101. The summed E-state index contributed by atoms with van der Waals surface area (Å²) in [5, 5.41) is 11.4. The number of carbonyl (C=O) groups is 3. The van der Waals surface area contributed by atoms with Gasteiger partial charge in [-0.1, -0.05) is 24.3 Å². The Morgan fingerprint density at radius 2 is 1.75 bits per heavy atom. The lowest BCUT2D eigenvalue weighted by molar-refractivity contribution is -0.144. The maximum atomic E-state index is 14.3. The van der Waals surface area contributed by atoms with Crippen LogP contribution in [-0.2, 0) is 25.5 Å². The largest absolute Gasteiger partial charge is 0.496 e. The molecule has 2 aromatic carbocycles. The number of rotatable bonds is 11. The average Bonchev–Trinajstić information content (AvgIpc) is 2.75. The highest BCUT2D eigenvalue weighted by molar-refractivity contribution is 5.81. The highest BCUT2D eigenvalue weighted by Gasteiger charge is 2.20. The zero-order valence-corrected chi connectivity index (χ0v) is 17.8. The van der Waals surface area contributed by atoms with Crippen LogP contribution >= 0.6 is 0 Å². The molecule has 0 bridgehead atoms. The third kappa shape index (κ3) is 7.04. The van der Waals surface area contributed by atoms with Gasteiger partial charge in [0.2, 0.25) is 5.91 Å². The van der Waals surface area contributed by atoms with Gasteiger partial charge < -0.3 is 19.9 Å². The Kier molecular flexibility index (Phi) is 9.12. The van der Waals surface area contributed by atoms with Crippen molar-refractivity contribution in [3.05, 3.63) is 53.6 Å². The Hall–Kier alpha value is -3.49. The van der Waals surface area contributed by atoms with E-state index in [9.17, 15) is 23.2 Å². The summed E-state index contributed by atoms with van der Waals surface area (Å²) in [5.74, 6) is -3.93. The van der Waals surface area contributed by atoms with Gasteiger partial charge in [0.15, 0.2) is 11.6 Å². The highest BCUT2D eigenvalue weighted by Crippen LogP contribution is 2.34. The Bertz CT molecular complexity index is 962. The van der Waals surface area contributed by atoms with E-state index < -0.39 is 35.5 Å². The number of ether oxygens (including phenoxy) is 2.